The van der Waals surface area contributed by atoms with Gasteiger partial charge in [-0.05, 0) is 27.7 Å². The molecule has 0 saturated carbocycles. The molecule has 0 aromatic rings. The van der Waals surface area contributed by atoms with Gasteiger partial charge in [-0.3, -0.25) is 0 Å². The van der Waals surface area contributed by atoms with Gasteiger partial charge in [-0.1, -0.05) is 11.8 Å². The summed E-state index contributed by atoms with van der Waals surface area (Å²) < 4.78 is 5.25. The second-order valence-corrected chi connectivity index (χ2v) is 3.25. The van der Waals surface area contributed by atoms with Gasteiger partial charge in [-0.25, -0.2) is 0 Å². The van der Waals surface area contributed by atoms with Crippen LogP contribution in [-0.4, -0.2) is 25.3 Å². The first-order valence-electron chi connectivity index (χ1n) is 4.43. The van der Waals surface area contributed by atoms with Crippen molar-refractivity contribution in [3.8, 4) is 11.8 Å². The minimum atomic E-state index is 0.275. The minimum Gasteiger partial charge on any atom is -0.366 e. The maximum atomic E-state index is 5.25. The molecule has 0 bridgehead atoms. The van der Waals surface area contributed by atoms with Crippen molar-refractivity contribution >= 4 is 0 Å². The van der Waals surface area contributed by atoms with Gasteiger partial charge < -0.3 is 10.1 Å². The van der Waals surface area contributed by atoms with E-state index in [0.29, 0.717) is 12.6 Å². The van der Waals surface area contributed by atoms with Crippen LogP contribution in [0.5, 0.6) is 0 Å². The summed E-state index contributed by atoms with van der Waals surface area (Å²) in [6.45, 7) is 9.51. The molecule has 0 amide bonds. The van der Waals surface area contributed by atoms with Crippen molar-refractivity contribution in [2.75, 3.05) is 13.2 Å². The second kappa shape index (κ2) is 7.15. The van der Waals surface area contributed by atoms with Gasteiger partial charge in [-0.2, -0.15) is 0 Å². The Balaban J connectivity index is 3.23. The lowest BCUT2D eigenvalue weighted by molar-refractivity contribution is 0.107. The van der Waals surface area contributed by atoms with Crippen LogP contribution in [-0.2, 0) is 4.74 Å². The second-order valence-electron chi connectivity index (χ2n) is 3.25. The summed E-state index contributed by atoms with van der Waals surface area (Å²) >= 11 is 0. The Hall–Kier alpha value is -0.520. The molecule has 0 aliphatic carbocycles. The molecule has 0 rings (SSSR count). The Morgan fingerprint density at radius 1 is 1.17 bits per heavy atom. The standard InChI is InChI=1S/C10H19NO/c1-9(2)11-7-5-6-8-12-10(3)4/h9-11H,7-8H2,1-4H3. The normalized spacial score (nSPS) is 10.2. The SMILES string of the molecule is CC(C)NCC#CCOC(C)C. The van der Waals surface area contributed by atoms with Crippen molar-refractivity contribution in [1.29, 1.82) is 0 Å². The molecule has 0 aromatic carbocycles. The van der Waals surface area contributed by atoms with E-state index in [4.69, 9.17) is 4.74 Å². The van der Waals surface area contributed by atoms with E-state index in [9.17, 15) is 0 Å². The number of hydrogen-bond donors (Lipinski definition) is 1. The van der Waals surface area contributed by atoms with Crippen LogP contribution < -0.4 is 5.32 Å². The molecule has 0 aliphatic rings. The Labute approximate surface area is 75.7 Å². The molecular formula is C10H19NO. The van der Waals surface area contributed by atoms with Crippen LogP contribution >= 0.6 is 0 Å². The fourth-order valence-electron chi connectivity index (χ4n) is 0.577. The minimum absolute atomic E-state index is 0.275. The summed E-state index contributed by atoms with van der Waals surface area (Å²) in [5, 5.41) is 3.20. The summed E-state index contributed by atoms with van der Waals surface area (Å²) in [7, 11) is 0. The van der Waals surface area contributed by atoms with Gasteiger partial charge in [0.2, 0.25) is 0 Å². The van der Waals surface area contributed by atoms with Gasteiger partial charge in [0.15, 0.2) is 0 Å². The summed E-state index contributed by atoms with van der Waals surface area (Å²) in [4.78, 5) is 0. The maximum absolute atomic E-state index is 5.25. The largest absolute Gasteiger partial charge is 0.366 e. The number of rotatable bonds is 4. The van der Waals surface area contributed by atoms with E-state index in [2.05, 4.69) is 31.0 Å². The van der Waals surface area contributed by atoms with E-state index < -0.39 is 0 Å². The van der Waals surface area contributed by atoms with Gasteiger partial charge in [0.05, 0.1) is 12.6 Å². The maximum Gasteiger partial charge on any atom is 0.108 e. The van der Waals surface area contributed by atoms with Crippen LogP contribution in [0.4, 0.5) is 0 Å². The average Bonchev–Trinajstić information content (AvgIpc) is 1.95. The molecular weight excluding hydrogens is 150 g/mol. The van der Waals surface area contributed by atoms with Crippen molar-refractivity contribution in [2.45, 2.75) is 39.8 Å². The predicted molar refractivity (Wildman–Crippen MR) is 52.0 cm³/mol. The van der Waals surface area contributed by atoms with Crippen LogP contribution in [0.25, 0.3) is 0 Å². The average molecular weight is 169 g/mol. The molecule has 2 nitrogen and oxygen atoms in total. The molecule has 0 fully saturated rings. The summed E-state index contributed by atoms with van der Waals surface area (Å²) in [6, 6.07) is 0.505. The zero-order valence-electron chi connectivity index (χ0n) is 8.48. The Morgan fingerprint density at radius 2 is 1.83 bits per heavy atom. The van der Waals surface area contributed by atoms with Gasteiger partial charge in [0.25, 0.3) is 0 Å². The first kappa shape index (κ1) is 11.5. The van der Waals surface area contributed by atoms with Crippen LogP contribution in [0.3, 0.4) is 0 Å². The summed E-state index contributed by atoms with van der Waals surface area (Å²) in [5.41, 5.74) is 0. The lowest BCUT2D eigenvalue weighted by atomic mass is 10.4. The fraction of sp³-hybridized carbons (Fsp3) is 0.800. The molecule has 0 aromatic heterocycles. The third kappa shape index (κ3) is 9.48. The first-order chi connectivity index (χ1) is 5.63. The van der Waals surface area contributed by atoms with E-state index in [1.54, 1.807) is 0 Å². The Bertz CT molecular complexity index is 137. The number of nitrogens with one attached hydrogen (secondary N) is 1. The van der Waals surface area contributed by atoms with E-state index >= 15 is 0 Å². The highest BCUT2D eigenvalue weighted by Gasteiger charge is 1.88. The van der Waals surface area contributed by atoms with Crippen molar-refractivity contribution in [1.82, 2.24) is 5.32 Å². The van der Waals surface area contributed by atoms with E-state index in [1.807, 2.05) is 13.8 Å². The zero-order valence-corrected chi connectivity index (χ0v) is 8.48. The monoisotopic (exact) mass is 169 g/mol. The van der Waals surface area contributed by atoms with E-state index in [1.165, 1.54) is 0 Å². The lowest BCUT2D eigenvalue weighted by Gasteiger charge is -2.02. The molecule has 2 heteroatoms. The molecule has 0 heterocycles. The Kier molecular flexibility index (Phi) is 6.84. The quantitative estimate of drug-likeness (QED) is 0.642. The molecule has 0 spiro atoms. The summed E-state index contributed by atoms with van der Waals surface area (Å²) in [5.74, 6) is 5.92. The molecule has 12 heavy (non-hydrogen) atoms. The molecule has 0 aliphatic heterocycles. The molecule has 0 saturated heterocycles. The highest BCUT2D eigenvalue weighted by Crippen LogP contribution is 1.84. The molecule has 70 valence electrons. The third-order valence-corrected chi connectivity index (χ3v) is 1.21. The Morgan fingerprint density at radius 3 is 2.33 bits per heavy atom. The molecule has 1 N–H and O–H groups in total. The third-order valence-electron chi connectivity index (χ3n) is 1.21. The van der Waals surface area contributed by atoms with Crippen molar-refractivity contribution in [2.24, 2.45) is 0 Å². The number of ether oxygens (including phenoxy) is 1. The van der Waals surface area contributed by atoms with Crippen LogP contribution in [0, 0.1) is 11.8 Å². The number of hydrogen-bond acceptors (Lipinski definition) is 2. The van der Waals surface area contributed by atoms with Gasteiger partial charge in [0.1, 0.15) is 6.61 Å². The van der Waals surface area contributed by atoms with Gasteiger partial charge >= 0.3 is 0 Å². The van der Waals surface area contributed by atoms with Gasteiger partial charge in [0, 0.05) is 6.04 Å². The highest BCUT2D eigenvalue weighted by molar-refractivity contribution is 5.01. The zero-order chi connectivity index (χ0) is 9.40. The van der Waals surface area contributed by atoms with Crippen molar-refractivity contribution in [3.05, 3.63) is 0 Å². The summed E-state index contributed by atoms with van der Waals surface area (Å²) in [6.07, 6.45) is 0.275. The first-order valence-corrected chi connectivity index (χ1v) is 4.43. The molecule has 0 unspecified atom stereocenters. The van der Waals surface area contributed by atoms with Crippen molar-refractivity contribution < 1.29 is 4.74 Å². The molecule has 0 radical (unpaired) electrons. The van der Waals surface area contributed by atoms with Crippen LogP contribution in [0.15, 0.2) is 0 Å². The van der Waals surface area contributed by atoms with E-state index in [-0.39, 0.29) is 6.10 Å². The smallest absolute Gasteiger partial charge is 0.108 e. The van der Waals surface area contributed by atoms with E-state index in [0.717, 1.165) is 6.54 Å². The lowest BCUT2D eigenvalue weighted by Crippen LogP contribution is -2.22. The topological polar surface area (TPSA) is 21.3 Å². The van der Waals surface area contributed by atoms with Crippen LogP contribution in [0.2, 0.25) is 0 Å². The molecule has 0 atom stereocenters. The fourth-order valence-corrected chi connectivity index (χ4v) is 0.577. The predicted octanol–water partition coefficient (Wildman–Crippen LogP) is 1.41. The van der Waals surface area contributed by atoms with Crippen molar-refractivity contribution in [3.63, 3.8) is 0 Å². The highest BCUT2D eigenvalue weighted by atomic mass is 16.5. The van der Waals surface area contributed by atoms with Crippen LogP contribution in [0.1, 0.15) is 27.7 Å². The van der Waals surface area contributed by atoms with Gasteiger partial charge in [-0.15, -0.1) is 0 Å².